The highest BCUT2D eigenvalue weighted by atomic mass is 16.3. The van der Waals surface area contributed by atoms with E-state index in [2.05, 4.69) is 44.6 Å². The number of aryl methyl sites for hydroxylation is 1. The largest absolute Gasteiger partial charge is 0.391 e. The molecule has 2 atom stereocenters. The maximum absolute atomic E-state index is 10.3. The van der Waals surface area contributed by atoms with E-state index >= 15 is 0 Å². The summed E-state index contributed by atoms with van der Waals surface area (Å²) < 4.78 is 3.96. The van der Waals surface area contributed by atoms with Gasteiger partial charge in [0.05, 0.1) is 24.5 Å². The molecule has 5 heterocycles. The van der Waals surface area contributed by atoms with Crippen LogP contribution in [0.2, 0.25) is 0 Å². The van der Waals surface area contributed by atoms with Crippen molar-refractivity contribution in [2.45, 2.75) is 44.8 Å². The average molecular weight is 447 g/mol. The molecule has 1 aliphatic heterocycles. The van der Waals surface area contributed by atoms with Gasteiger partial charge in [0.25, 0.3) is 0 Å². The monoisotopic (exact) mass is 446 g/mol. The van der Waals surface area contributed by atoms with Crippen molar-refractivity contribution in [3.63, 3.8) is 0 Å². The molecule has 9 heteroatoms. The fourth-order valence-electron chi connectivity index (χ4n) is 4.72. The molecule has 6 rings (SSSR count). The van der Waals surface area contributed by atoms with Crippen LogP contribution < -0.4 is 16.0 Å². The molecule has 0 unspecified atom stereocenters. The fourth-order valence-corrected chi connectivity index (χ4v) is 4.72. The summed E-state index contributed by atoms with van der Waals surface area (Å²) in [6, 6.07) is 6.12. The lowest BCUT2D eigenvalue weighted by Crippen LogP contribution is -2.43. The third-order valence-electron chi connectivity index (χ3n) is 6.83. The van der Waals surface area contributed by atoms with Gasteiger partial charge in [-0.2, -0.15) is 9.61 Å². The first kappa shape index (κ1) is 20.4. The first-order valence-electron chi connectivity index (χ1n) is 11.8. The molecule has 4 N–H and O–H groups in total. The number of pyridine rings is 1. The van der Waals surface area contributed by atoms with Crippen molar-refractivity contribution in [3.05, 3.63) is 53.6 Å². The maximum Gasteiger partial charge on any atom is 0.163 e. The van der Waals surface area contributed by atoms with Gasteiger partial charge in [0.1, 0.15) is 17.3 Å². The lowest BCUT2D eigenvalue weighted by molar-refractivity contribution is 0.0883. The van der Waals surface area contributed by atoms with Gasteiger partial charge in [0.15, 0.2) is 5.65 Å². The minimum Gasteiger partial charge on any atom is -0.391 e. The molecule has 0 bridgehead atoms. The normalized spacial score (nSPS) is 21.0. The van der Waals surface area contributed by atoms with E-state index in [4.69, 9.17) is 9.97 Å². The van der Waals surface area contributed by atoms with Gasteiger partial charge in [-0.25, -0.2) is 9.97 Å². The zero-order valence-corrected chi connectivity index (χ0v) is 18.8. The summed E-state index contributed by atoms with van der Waals surface area (Å²) >= 11 is 0. The average Bonchev–Trinajstić information content (AvgIpc) is 3.42. The number of piperidine rings is 1. The second-order valence-electron chi connectivity index (χ2n) is 9.35. The summed E-state index contributed by atoms with van der Waals surface area (Å²) in [5.41, 5.74) is 5.22. The number of anilines is 2. The van der Waals surface area contributed by atoms with E-state index in [1.807, 2.05) is 29.0 Å². The number of rotatable bonds is 7. The Bertz CT molecular complexity index is 1290. The zero-order valence-electron chi connectivity index (χ0n) is 18.8. The van der Waals surface area contributed by atoms with Gasteiger partial charge < -0.3 is 25.5 Å². The molecule has 0 aromatic carbocycles. The summed E-state index contributed by atoms with van der Waals surface area (Å²) in [4.78, 5) is 9.69. The van der Waals surface area contributed by atoms with Gasteiger partial charge in [-0.05, 0) is 50.3 Å². The third kappa shape index (κ3) is 4.02. The van der Waals surface area contributed by atoms with Gasteiger partial charge in [-0.3, -0.25) is 0 Å². The molecular weight excluding hydrogens is 416 g/mol. The molecule has 33 heavy (non-hydrogen) atoms. The van der Waals surface area contributed by atoms with Crippen LogP contribution in [0.15, 0.2) is 36.8 Å². The molecule has 9 nitrogen and oxygen atoms in total. The summed E-state index contributed by atoms with van der Waals surface area (Å²) in [6.07, 6.45) is 9.06. The van der Waals surface area contributed by atoms with Crippen LogP contribution in [-0.2, 0) is 6.54 Å². The van der Waals surface area contributed by atoms with Crippen LogP contribution in [0.1, 0.15) is 42.0 Å². The number of aliphatic hydroxyl groups excluding tert-OH is 1. The minimum atomic E-state index is -0.330. The van der Waals surface area contributed by atoms with Crippen LogP contribution >= 0.6 is 0 Å². The Kier molecular flexibility index (Phi) is 5.15. The van der Waals surface area contributed by atoms with Gasteiger partial charge in [0.2, 0.25) is 0 Å². The number of hydrogen-bond acceptors (Lipinski definition) is 7. The summed E-state index contributed by atoms with van der Waals surface area (Å²) in [5.74, 6) is 2.47. The Hall–Kier alpha value is -3.17. The molecule has 1 aliphatic carbocycles. The van der Waals surface area contributed by atoms with Crippen LogP contribution in [0.4, 0.5) is 11.6 Å². The standard InChI is InChI=1S/C24H30N8O/c1-15-3-2-8-31-14-18(29-23(15)31)11-27-22-9-21(26-10-17-6-7-25-13-20(17)33)30-24-19(16-4-5-16)12-28-32(22)24/h2-3,8-9,12,14,16-17,20,25,27,33H,4-7,10-11,13H2,1H3,(H,26,30)/t17-,20+/m1/s1. The molecule has 0 amide bonds. The van der Waals surface area contributed by atoms with Crippen molar-refractivity contribution in [1.82, 2.24) is 29.3 Å². The molecule has 0 radical (unpaired) electrons. The topological polar surface area (TPSA) is 104 Å². The Morgan fingerprint density at radius 3 is 2.91 bits per heavy atom. The van der Waals surface area contributed by atoms with Crippen molar-refractivity contribution in [3.8, 4) is 0 Å². The van der Waals surface area contributed by atoms with Crippen molar-refractivity contribution in [2.75, 3.05) is 30.3 Å². The number of aromatic nitrogens is 5. The number of nitrogens with zero attached hydrogens (tertiary/aromatic N) is 5. The van der Waals surface area contributed by atoms with E-state index in [1.165, 1.54) is 18.4 Å². The van der Waals surface area contributed by atoms with Crippen LogP contribution in [0.25, 0.3) is 11.3 Å². The second kappa shape index (κ2) is 8.31. The molecule has 2 aliphatic rings. The SMILES string of the molecule is Cc1cccn2cc(CNc3cc(NC[C@H]4CCNC[C@@H]4O)nc4c(C5CC5)cnn34)nc12. The smallest absolute Gasteiger partial charge is 0.163 e. The van der Waals surface area contributed by atoms with E-state index in [1.54, 1.807) is 0 Å². The number of β-amino-alcohol motifs (C(OH)–C–C–N with tert-alkyl or cyclic N) is 1. The Balaban J connectivity index is 1.27. The molecule has 0 spiro atoms. The highest BCUT2D eigenvalue weighted by Crippen LogP contribution is 2.42. The van der Waals surface area contributed by atoms with Gasteiger partial charge in [0, 0.05) is 43.0 Å². The fraction of sp³-hybridized carbons (Fsp3) is 0.458. The summed E-state index contributed by atoms with van der Waals surface area (Å²) in [6.45, 7) is 4.95. The third-order valence-corrected chi connectivity index (χ3v) is 6.83. The van der Waals surface area contributed by atoms with Gasteiger partial charge in [-0.1, -0.05) is 6.07 Å². The van der Waals surface area contributed by atoms with E-state index in [0.29, 0.717) is 25.6 Å². The maximum atomic E-state index is 10.3. The number of hydrogen-bond donors (Lipinski definition) is 4. The molecule has 172 valence electrons. The molecule has 4 aromatic rings. The van der Waals surface area contributed by atoms with Gasteiger partial charge in [-0.15, -0.1) is 0 Å². The highest BCUT2D eigenvalue weighted by Gasteiger charge is 2.28. The van der Waals surface area contributed by atoms with Crippen LogP contribution in [-0.4, -0.2) is 54.8 Å². The van der Waals surface area contributed by atoms with Gasteiger partial charge >= 0.3 is 0 Å². The van der Waals surface area contributed by atoms with Crippen LogP contribution in [0.5, 0.6) is 0 Å². The predicted molar refractivity (Wildman–Crippen MR) is 128 cm³/mol. The first-order chi connectivity index (χ1) is 16.2. The van der Waals surface area contributed by atoms with E-state index < -0.39 is 0 Å². The Morgan fingerprint density at radius 1 is 1.18 bits per heavy atom. The van der Waals surface area contributed by atoms with Crippen LogP contribution in [0, 0.1) is 12.8 Å². The lowest BCUT2D eigenvalue weighted by atomic mass is 9.95. The molecule has 4 aromatic heterocycles. The quantitative estimate of drug-likeness (QED) is 0.346. The van der Waals surface area contributed by atoms with Crippen molar-refractivity contribution in [1.29, 1.82) is 0 Å². The molecule has 2 fully saturated rings. The zero-order chi connectivity index (χ0) is 22.4. The molecular formula is C24H30N8O. The predicted octanol–water partition coefficient (Wildman–Crippen LogP) is 2.56. The highest BCUT2D eigenvalue weighted by molar-refractivity contribution is 5.61. The number of nitrogens with one attached hydrogen (secondary N) is 3. The van der Waals surface area contributed by atoms with Crippen molar-refractivity contribution < 1.29 is 5.11 Å². The Morgan fingerprint density at radius 2 is 2.09 bits per heavy atom. The summed E-state index contributed by atoms with van der Waals surface area (Å²) in [5, 5.41) is 25.2. The van der Waals surface area contributed by atoms with Crippen LogP contribution in [0.3, 0.4) is 0 Å². The Labute approximate surface area is 192 Å². The van der Waals surface area contributed by atoms with E-state index in [9.17, 15) is 5.11 Å². The summed E-state index contributed by atoms with van der Waals surface area (Å²) in [7, 11) is 0. The second-order valence-corrected chi connectivity index (χ2v) is 9.35. The number of aliphatic hydroxyl groups is 1. The number of imidazole rings is 1. The number of fused-ring (bicyclic) bond motifs is 2. The first-order valence-corrected chi connectivity index (χ1v) is 11.8. The van der Waals surface area contributed by atoms with E-state index in [0.717, 1.165) is 47.2 Å². The molecule has 1 saturated carbocycles. The van der Waals surface area contributed by atoms with Crippen molar-refractivity contribution in [2.24, 2.45) is 5.92 Å². The van der Waals surface area contributed by atoms with E-state index in [-0.39, 0.29) is 12.0 Å². The lowest BCUT2D eigenvalue weighted by Gasteiger charge is -2.28. The van der Waals surface area contributed by atoms with Crippen molar-refractivity contribution >= 4 is 22.9 Å². The molecule has 1 saturated heterocycles. The minimum absolute atomic E-state index is 0.217.